The number of halogens is 1. The molecule has 0 fully saturated rings. The normalized spacial score (nSPS) is 12.4. The number of hydrogen-bond donors (Lipinski definition) is 1. The summed E-state index contributed by atoms with van der Waals surface area (Å²) in [4.78, 5) is 28.5. The first-order valence-corrected chi connectivity index (χ1v) is 14.8. The van der Waals surface area contributed by atoms with Gasteiger partial charge in [0.2, 0.25) is 11.8 Å². The third-order valence-corrected chi connectivity index (χ3v) is 8.17. The lowest BCUT2D eigenvalue weighted by atomic mass is 10.1. The minimum Gasteiger partial charge on any atom is -0.494 e. The lowest BCUT2D eigenvalue weighted by Gasteiger charge is -2.33. The van der Waals surface area contributed by atoms with E-state index in [9.17, 15) is 22.4 Å². The number of benzene rings is 3. The molecule has 220 valence electrons. The van der Waals surface area contributed by atoms with Gasteiger partial charge < -0.3 is 15.0 Å². The summed E-state index contributed by atoms with van der Waals surface area (Å²) < 4.78 is 47.9. The minimum absolute atomic E-state index is 0.0675. The fraction of sp³-hybridized carbons (Fsp3) is 0.355. The molecule has 41 heavy (non-hydrogen) atoms. The molecule has 0 aromatic heterocycles. The fourth-order valence-electron chi connectivity index (χ4n) is 4.17. The van der Waals surface area contributed by atoms with Crippen molar-refractivity contribution in [2.24, 2.45) is 0 Å². The topological polar surface area (TPSA) is 96.0 Å². The number of anilines is 1. The lowest BCUT2D eigenvalue weighted by Crippen LogP contribution is -2.54. The van der Waals surface area contributed by atoms with Crippen LogP contribution < -0.4 is 14.4 Å². The van der Waals surface area contributed by atoms with Gasteiger partial charge >= 0.3 is 0 Å². The Bertz CT molecular complexity index is 1450. The Hall–Kier alpha value is -3.92. The molecule has 3 rings (SSSR count). The Kier molecular flexibility index (Phi) is 10.1. The summed E-state index contributed by atoms with van der Waals surface area (Å²) in [7, 11) is -4.28. The SMILES string of the molecule is CCOc1ccc(S(=O)(=O)N(CC(=O)N(Cc2ccccc2C)[C@@H](C)C(=O)NC(C)(C)C)c2ccc(F)cc2)cc1. The van der Waals surface area contributed by atoms with Crippen LogP contribution in [-0.2, 0) is 26.2 Å². The average Bonchev–Trinajstić information content (AvgIpc) is 2.91. The maximum absolute atomic E-state index is 14.0. The van der Waals surface area contributed by atoms with Crippen LogP contribution in [0.15, 0.2) is 77.7 Å². The van der Waals surface area contributed by atoms with E-state index in [2.05, 4.69) is 5.32 Å². The number of aryl methyl sites for hydroxylation is 1. The predicted molar refractivity (Wildman–Crippen MR) is 158 cm³/mol. The summed E-state index contributed by atoms with van der Waals surface area (Å²) in [5.74, 6) is -1.02. The van der Waals surface area contributed by atoms with E-state index in [-0.39, 0.29) is 23.0 Å². The zero-order chi connectivity index (χ0) is 30.4. The maximum atomic E-state index is 14.0. The van der Waals surface area contributed by atoms with Crippen LogP contribution >= 0.6 is 0 Å². The summed E-state index contributed by atoms with van der Waals surface area (Å²) in [5.41, 5.74) is 1.31. The summed E-state index contributed by atoms with van der Waals surface area (Å²) in [6.45, 7) is 10.7. The Morgan fingerprint density at radius 1 is 0.976 bits per heavy atom. The lowest BCUT2D eigenvalue weighted by molar-refractivity contribution is -0.140. The number of nitrogens with one attached hydrogen (secondary N) is 1. The number of carbonyl (C=O) groups excluding carboxylic acids is 2. The second-order valence-corrected chi connectivity index (χ2v) is 12.6. The van der Waals surface area contributed by atoms with Gasteiger partial charge in [0.25, 0.3) is 10.0 Å². The number of sulfonamides is 1. The molecule has 8 nitrogen and oxygen atoms in total. The van der Waals surface area contributed by atoms with Crippen molar-refractivity contribution in [3.8, 4) is 5.75 Å². The standard InChI is InChI=1S/C31H38FN3O5S/c1-7-40-27-16-18-28(19-17-27)41(38,39)35(26-14-12-25(32)13-15-26)21-29(36)34(20-24-11-9-8-10-22(24)2)23(3)30(37)33-31(4,5)6/h8-19,23H,7,20-21H2,1-6H3,(H,33,37)/t23-/m0/s1. The van der Waals surface area contributed by atoms with Crippen LogP contribution in [0.3, 0.4) is 0 Å². The highest BCUT2D eigenvalue weighted by molar-refractivity contribution is 7.92. The van der Waals surface area contributed by atoms with Crippen LogP contribution in [0, 0.1) is 12.7 Å². The molecular formula is C31H38FN3O5S. The first-order valence-electron chi connectivity index (χ1n) is 13.4. The zero-order valence-electron chi connectivity index (χ0n) is 24.3. The van der Waals surface area contributed by atoms with Crippen molar-refractivity contribution in [2.75, 3.05) is 17.5 Å². The Morgan fingerprint density at radius 2 is 1.59 bits per heavy atom. The van der Waals surface area contributed by atoms with Crippen molar-refractivity contribution >= 4 is 27.5 Å². The Labute approximate surface area is 242 Å². The largest absolute Gasteiger partial charge is 0.494 e. The van der Waals surface area contributed by atoms with Gasteiger partial charge in [-0.1, -0.05) is 24.3 Å². The van der Waals surface area contributed by atoms with E-state index < -0.39 is 39.9 Å². The Morgan fingerprint density at radius 3 is 2.15 bits per heavy atom. The molecule has 0 saturated carbocycles. The summed E-state index contributed by atoms with van der Waals surface area (Å²) in [6.07, 6.45) is 0. The first-order chi connectivity index (χ1) is 19.2. The third kappa shape index (κ3) is 8.29. The van der Waals surface area contributed by atoms with E-state index in [1.165, 1.54) is 41.3 Å². The van der Waals surface area contributed by atoms with Crippen LogP contribution in [0.1, 0.15) is 45.7 Å². The highest BCUT2D eigenvalue weighted by atomic mass is 32.2. The zero-order valence-corrected chi connectivity index (χ0v) is 25.2. The second-order valence-electron chi connectivity index (χ2n) is 10.8. The molecule has 10 heteroatoms. The van der Waals surface area contributed by atoms with Crippen LogP contribution in [0.2, 0.25) is 0 Å². The van der Waals surface area contributed by atoms with Crippen molar-refractivity contribution in [3.63, 3.8) is 0 Å². The molecule has 0 saturated heterocycles. The van der Waals surface area contributed by atoms with E-state index in [1.54, 1.807) is 6.92 Å². The first kappa shape index (κ1) is 31.6. The van der Waals surface area contributed by atoms with E-state index in [0.29, 0.717) is 12.4 Å². The molecular weight excluding hydrogens is 545 g/mol. The molecule has 1 N–H and O–H groups in total. The van der Waals surface area contributed by atoms with E-state index in [0.717, 1.165) is 27.6 Å². The van der Waals surface area contributed by atoms with Gasteiger partial charge in [0.15, 0.2) is 0 Å². The summed E-state index contributed by atoms with van der Waals surface area (Å²) >= 11 is 0. The van der Waals surface area contributed by atoms with Crippen molar-refractivity contribution in [1.29, 1.82) is 0 Å². The van der Waals surface area contributed by atoms with Crippen LogP contribution in [0.5, 0.6) is 5.75 Å². The molecule has 0 heterocycles. The number of ether oxygens (including phenoxy) is 1. The van der Waals surface area contributed by atoms with Crippen LogP contribution in [-0.4, -0.2) is 49.9 Å². The molecule has 0 unspecified atom stereocenters. The van der Waals surface area contributed by atoms with Crippen molar-refractivity contribution in [3.05, 3.63) is 89.7 Å². The monoisotopic (exact) mass is 583 g/mol. The molecule has 0 bridgehead atoms. The number of hydrogen-bond acceptors (Lipinski definition) is 5. The molecule has 2 amide bonds. The molecule has 3 aromatic carbocycles. The van der Waals surface area contributed by atoms with E-state index >= 15 is 0 Å². The minimum atomic E-state index is -4.28. The van der Waals surface area contributed by atoms with Gasteiger partial charge in [-0.05, 0) is 101 Å². The summed E-state index contributed by atoms with van der Waals surface area (Å²) in [6, 6.07) is 17.3. The maximum Gasteiger partial charge on any atom is 0.264 e. The van der Waals surface area contributed by atoms with Crippen molar-refractivity contribution in [2.45, 2.75) is 64.6 Å². The van der Waals surface area contributed by atoms with E-state index in [1.807, 2.05) is 58.9 Å². The molecule has 0 aliphatic rings. The second kappa shape index (κ2) is 13.2. The number of amides is 2. The van der Waals surface area contributed by atoms with Gasteiger partial charge in [0.05, 0.1) is 17.2 Å². The fourth-order valence-corrected chi connectivity index (χ4v) is 5.58. The smallest absolute Gasteiger partial charge is 0.264 e. The van der Waals surface area contributed by atoms with Gasteiger partial charge in [-0.15, -0.1) is 0 Å². The molecule has 1 atom stereocenters. The summed E-state index contributed by atoms with van der Waals surface area (Å²) in [5, 5.41) is 2.90. The van der Waals surface area contributed by atoms with Crippen molar-refractivity contribution in [1.82, 2.24) is 10.2 Å². The van der Waals surface area contributed by atoms with Gasteiger partial charge in [-0.2, -0.15) is 0 Å². The molecule has 0 aliphatic heterocycles. The third-order valence-electron chi connectivity index (χ3n) is 6.38. The number of carbonyl (C=O) groups is 2. The van der Waals surface area contributed by atoms with Gasteiger partial charge in [-0.3, -0.25) is 13.9 Å². The highest BCUT2D eigenvalue weighted by Crippen LogP contribution is 2.26. The van der Waals surface area contributed by atoms with E-state index in [4.69, 9.17) is 4.74 Å². The highest BCUT2D eigenvalue weighted by Gasteiger charge is 2.33. The molecule has 3 aromatic rings. The molecule has 0 spiro atoms. The van der Waals surface area contributed by atoms with Gasteiger partial charge in [0, 0.05) is 12.1 Å². The average molecular weight is 584 g/mol. The van der Waals surface area contributed by atoms with Crippen LogP contribution in [0.25, 0.3) is 0 Å². The van der Waals surface area contributed by atoms with Gasteiger partial charge in [0.1, 0.15) is 24.2 Å². The molecule has 0 aliphatic carbocycles. The molecule has 0 radical (unpaired) electrons. The van der Waals surface area contributed by atoms with Gasteiger partial charge in [-0.25, -0.2) is 12.8 Å². The van der Waals surface area contributed by atoms with Crippen LogP contribution in [0.4, 0.5) is 10.1 Å². The predicted octanol–water partition coefficient (Wildman–Crippen LogP) is 5.06. The number of nitrogens with zero attached hydrogens (tertiary/aromatic N) is 2. The van der Waals surface area contributed by atoms with Crippen molar-refractivity contribution < 1.29 is 27.1 Å². The quantitative estimate of drug-likeness (QED) is 0.341. The Balaban J connectivity index is 2.04. The number of rotatable bonds is 11.